The molecule has 0 bridgehead atoms. The Morgan fingerprint density at radius 1 is 1.21 bits per heavy atom. The van der Waals surface area contributed by atoms with E-state index in [-0.39, 0.29) is 12.5 Å². The molecule has 1 aliphatic heterocycles. The van der Waals surface area contributed by atoms with Gasteiger partial charge in [0.25, 0.3) is 0 Å². The molecule has 4 rings (SSSR count). The zero-order chi connectivity index (χ0) is 16.4. The van der Waals surface area contributed by atoms with Crippen LogP contribution in [0.25, 0.3) is 11.3 Å². The maximum atomic E-state index is 12.3. The van der Waals surface area contributed by atoms with Gasteiger partial charge in [-0.05, 0) is 11.4 Å². The van der Waals surface area contributed by atoms with Crippen molar-refractivity contribution < 1.29 is 4.79 Å². The Morgan fingerprint density at radius 2 is 2.08 bits per heavy atom. The molecule has 1 aliphatic rings. The molecule has 0 unspecified atom stereocenters. The number of carbonyl (C=O) groups excluding carboxylic acids is 1. The third-order valence-electron chi connectivity index (χ3n) is 3.98. The average Bonchev–Trinajstić information content (AvgIpc) is 3.36. The lowest BCUT2D eigenvalue weighted by atomic mass is 10.3. The summed E-state index contributed by atoms with van der Waals surface area (Å²) in [6.07, 6.45) is 3.01. The highest BCUT2D eigenvalue weighted by Crippen LogP contribution is 2.29. The van der Waals surface area contributed by atoms with Crippen molar-refractivity contribution in [2.45, 2.75) is 6.54 Å². The molecule has 0 N–H and O–H groups in total. The van der Waals surface area contributed by atoms with Gasteiger partial charge in [-0.2, -0.15) is 16.4 Å². The van der Waals surface area contributed by atoms with E-state index >= 15 is 0 Å². The summed E-state index contributed by atoms with van der Waals surface area (Å²) in [6.45, 7) is 3.28. The molecule has 7 nitrogen and oxygen atoms in total. The molecule has 1 fully saturated rings. The highest BCUT2D eigenvalue weighted by atomic mass is 32.1. The fourth-order valence-electron chi connectivity index (χ4n) is 2.65. The van der Waals surface area contributed by atoms with Crippen LogP contribution in [0.1, 0.15) is 0 Å². The van der Waals surface area contributed by atoms with Gasteiger partial charge in [0.15, 0.2) is 5.13 Å². The Hall–Kier alpha value is -2.26. The maximum Gasteiger partial charge on any atom is 0.244 e. The summed E-state index contributed by atoms with van der Waals surface area (Å²) in [5.74, 6) is 0.0817. The van der Waals surface area contributed by atoms with Crippen LogP contribution in [-0.2, 0) is 11.3 Å². The fraction of sp³-hybridized carbons (Fsp3) is 0.333. The summed E-state index contributed by atoms with van der Waals surface area (Å²) in [5, 5.41) is 11.3. The van der Waals surface area contributed by atoms with E-state index in [1.807, 2.05) is 4.90 Å². The van der Waals surface area contributed by atoms with Gasteiger partial charge in [-0.3, -0.25) is 4.79 Å². The second kappa shape index (κ2) is 6.70. The van der Waals surface area contributed by atoms with Gasteiger partial charge in [0.1, 0.15) is 19.2 Å². The number of thiazole rings is 1. The van der Waals surface area contributed by atoms with Crippen molar-refractivity contribution in [3.8, 4) is 11.3 Å². The summed E-state index contributed by atoms with van der Waals surface area (Å²) in [7, 11) is 0. The molecular weight excluding hydrogens is 344 g/mol. The summed E-state index contributed by atoms with van der Waals surface area (Å²) < 4.78 is 1.56. The lowest BCUT2D eigenvalue weighted by molar-refractivity contribution is -0.132. The van der Waals surface area contributed by atoms with Crippen LogP contribution >= 0.6 is 22.7 Å². The predicted octanol–water partition coefficient (Wildman–Crippen LogP) is 1.81. The third-order valence-corrected chi connectivity index (χ3v) is 5.56. The standard InChI is InChI=1S/C15H16N6OS2/c22-14(7-21-11-16-10-17-21)19-2-4-20(5-3-19)15-18-13(9-24-15)12-1-6-23-8-12/h1,6,8-11H,2-5,7H2. The first kappa shape index (κ1) is 15.3. The van der Waals surface area contributed by atoms with Crippen LogP contribution in [0.3, 0.4) is 0 Å². The number of hydrogen-bond acceptors (Lipinski definition) is 7. The van der Waals surface area contributed by atoms with Crippen molar-refractivity contribution in [1.82, 2.24) is 24.6 Å². The number of rotatable bonds is 4. The SMILES string of the molecule is O=C(Cn1cncn1)N1CCN(c2nc(-c3ccsc3)cs2)CC1. The summed E-state index contributed by atoms with van der Waals surface area (Å²) in [4.78, 5) is 25.0. The highest BCUT2D eigenvalue weighted by Gasteiger charge is 2.23. The number of hydrogen-bond donors (Lipinski definition) is 0. The first-order valence-electron chi connectivity index (χ1n) is 7.63. The topological polar surface area (TPSA) is 67.2 Å². The summed E-state index contributed by atoms with van der Waals surface area (Å²) >= 11 is 3.34. The second-order valence-electron chi connectivity index (χ2n) is 5.49. The van der Waals surface area contributed by atoms with Gasteiger partial charge in [0.05, 0.1) is 5.69 Å². The summed E-state index contributed by atoms with van der Waals surface area (Å²) in [5.41, 5.74) is 2.20. The van der Waals surface area contributed by atoms with Crippen LogP contribution < -0.4 is 4.90 Å². The Kier molecular flexibility index (Phi) is 4.26. The smallest absolute Gasteiger partial charge is 0.244 e. The van der Waals surface area contributed by atoms with Gasteiger partial charge in [-0.25, -0.2) is 14.6 Å². The van der Waals surface area contributed by atoms with Crippen molar-refractivity contribution in [2.24, 2.45) is 0 Å². The van der Waals surface area contributed by atoms with E-state index in [9.17, 15) is 4.79 Å². The first-order valence-corrected chi connectivity index (χ1v) is 9.45. The van der Waals surface area contributed by atoms with Crippen molar-refractivity contribution >= 4 is 33.7 Å². The second-order valence-corrected chi connectivity index (χ2v) is 7.10. The molecule has 9 heteroatoms. The van der Waals surface area contributed by atoms with Crippen LogP contribution in [0.5, 0.6) is 0 Å². The lowest BCUT2D eigenvalue weighted by Gasteiger charge is -2.34. The predicted molar refractivity (Wildman–Crippen MR) is 94.2 cm³/mol. The van der Waals surface area contributed by atoms with Crippen LogP contribution in [-0.4, -0.2) is 56.7 Å². The van der Waals surface area contributed by atoms with E-state index < -0.39 is 0 Å². The number of aromatic nitrogens is 4. The van der Waals surface area contributed by atoms with Crippen LogP contribution in [0, 0.1) is 0 Å². The number of piperazine rings is 1. The van der Waals surface area contributed by atoms with Gasteiger partial charge in [0.2, 0.25) is 5.91 Å². The quantitative estimate of drug-likeness (QED) is 0.710. The van der Waals surface area contributed by atoms with E-state index in [2.05, 4.69) is 37.2 Å². The largest absolute Gasteiger partial charge is 0.345 e. The van der Waals surface area contributed by atoms with Gasteiger partial charge in [-0.1, -0.05) is 0 Å². The number of amides is 1. The normalized spacial score (nSPS) is 15.0. The Bertz CT molecular complexity index is 790. The van der Waals surface area contributed by atoms with E-state index in [0.717, 1.165) is 23.9 Å². The molecule has 4 heterocycles. The monoisotopic (exact) mass is 360 g/mol. The minimum Gasteiger partial charge on any atom is -0.345 e. The maximum absolute atomic E-state index is 12.3. The number of thiophene rings is 1. The molecule has 3 aromatic heterocycles. The Morgan fingerprint density at radius 3 is 2.79 bits per heavy atom. The molecule has 1 amide bonds. The number of carbonyl (C=O) groups is 1. The van der Waals surface area contributed by atoms with E-state index in [4.69, 9.17) is 4.98 Å². The minimum atomic E-state index is 0.0817. The Balaban J connectivity index is 1.35. The van der Waals surface area contributed by atoms with Crippen molar-refractivity contribution in [2.75, 3.05) is 31.1 Å². The van der Waals surface area contributed by atoms with E-state index in [1.54, 1.807) is 33.7 Å². The number of nitrogens with zero attached hydrogens (tertiary/aromatic N) is 6. The summed E-state index contributed by atoms with van der Waals surface area (Å²) in [6, 6.07) is 2.09. The average molecular weight is 360 g/mol. The van der Waals surface area contributed by atoms with Crippen molar-refractivity contribution in [3.05, 3.63) is 34.9 Å². The highest BCUT2D eigenvalue weighted by molar-refractivity contribution is 7.14. The zero-order valence-electron chi connectivity index (χ0n) is 12.9. The Labute approximate surface area is 147 Å². The molecule has 0 radical (unpaired) electrons. The van der Waals surface area contributed by atoms with Crippen molar-refractivity contribution in [1.29, 1.82) is 0 Å². The van der Waals surface area contributed by atoms with Crippen LogP contribution in [0.4, 0.5) is 5.13 Å². The van der Waals surface area contributed by atoms with E-state index in [0.29, 0.717) is 13.1 Å². The van der Waals surface area contributed by atoms with Gasteiger partial charge < -0.3 is 9.80 Å². The molecule has 3 aromatic rings. The van der Waals surface area contributed by atoms with Crippen molar-refractivity contribution in [3.63, 3.8) is 0 Å². The molecule has 0 aromatic carbocycles. The molecule has 0 aliphatic carbocycles. The van der Waals surface area contributed by atoms with E-state index in [1.165, 1.54) is 11.9 Å². The molecular formula is C15H16N6OS2. The molecule has 0 spiro atoms. The van der Waals surface area contributed by atoms with Gasteiger partial charge in [0, 0.05) is 42.5 Å². The molecule has 1 saturated heterocycles. The molecule has 0 saturated carbocycles. The number of anilines is 1. The molecule has 24 heavy (non-hydrogen) atoms. The zero-order valence-corrected chi connectivity index (χ0v) is 14.5. The first-order chi connectivity index (χ1) is 11.8. The third kappa shape index (κ3) is 3.17. The van der Waals surface area contributed by atoms with Crippen LogP contribution in [0.15, 0.2) is 34.9 Å². The van der Waals surface area contributed by atoms with Gasteiger partial charge >= 0.3 is 0 Å². The molecule has 124 valence electrons. The lowest BCUT2D eigenvalue weighted by Crippen LogP contribution is -2.49. The molecule has 0 atom stereocenters. The van der Waals surface area contributed by atoms with Crippen LogP contribution in [0.2, 0.25) is 0 Å². The fourth-order valence-corrected chi connectivity index (χ4v) is 4.19. The van der Waals surface area contributed by atoms with Gasteiger partial charge in [-0.15, -0.1) is 11.3 Å². The minimum absolute atomic E-state index is 0.0817.